The number of likely N-dealkylation sites (tertiary alicyclic amines) is 1. The second-order valence-corrected chi connectivity index (χ2v) is 6.66. The van der Waals surface area contributed by atoms with Gasteiger partial charge < -0.3 is 15.5 Å². The van der Waals surface area contributed by atoms with Crippen molar-refractivity contribution < 1.29 is 9.59 Å². The first-order chi connectivity index (χ1) is 10.7. The number of carbonyl (C=O) groups excluding carboxylic acids is 2. The SMILES string of the molecule is CCC(CC)C(=O)N1CCC(NC(=O)C2CCCNC2)CC1. The molecule has 5 nitrogen and oxygen atoms in total. The van der Waals surface area contributed by atoms with Gasteiger partial charge in [-0.1, -0.05) is 13.8 Å². The van der Waals surface area contributed by atoms with Crippen LogP contribution in [0.5, 0.6) is 0 Å². The maximum absolute atomic E-state index is 12.4. The maximum atomic E-state index is 12.4. The van der Waals surface area contributed by atoms with Gasteiger partial charge in [0.15, 0.2) is 0 Å². The summed E-state index contributed by atoms with van der Waals surface area (Å²) in [6.07, 6.45) is 5.68. The summed E-state index contributed by atoms with van der Waals surface area (Å²) in [6, 6.07) is 0.236. The van der Waals surface area contributed by atoms with Crippen LogP contribution in [0, 0.1) is 11.8 Å². The number of piperidine rings is 2. The summed E-state index contributed by atoms with van der Waals surface area (Å²) in [4.78, 5) is 26.6. The van der Waals surface area contributed by atoms with Crippen LogP contribution in [0.1, 0.15) is 52.4 Å². The monoisotopic (exact) mass is 309 g/mol. The van der Waals surface area contributed by atoms with Gasteiger partial charge in [-0.05, 0) is 45.1 Å². The molecule has 1 atom stereocenters. The minimum absolute atomic E-state index is 0.123. The van der Waals surface area contributed by atoms with Gasteiger partial charge in [-0.2, -0.15) is 0 Å². The molecular weight excluding hydrogens is 278 g/mol. The molecule has 5 heteroatoms. The number of nitrogens with zero attached hydrogens (tertiary/aromatic N) is 1. The Balaban J connectivity index is 1.74. The molecule has 0 spiro atoms. The first-order valence-corrected chi connectivity index (χ1v) is 8.95. The van der Waals surface area contributed by atoms with Gasteiger partial charge in [-0.15, -0.1) is 0 Å². The molecule has 0 saturated carbocycles. The molecular formula is C17H31N3O2. The fourth-order valence-electron chi connectivity index (χ4n) is 3.53. The van der Waals surface area contributed by atoms with Gasteiger partial charge in [-0.25, -0.2) is 0 Å². The zero-order valence-electron chi connectivity index (χ0n) is 14.1. The standard InChI is InChI=1S/C17H31N3O2/c1-3-13(4-2)17(22)20-10-7-15(8-11-20)19-16(21)14-6-5-9-18-12-14/h13-15,18H,3-12H2,1-2H3,(H,19,21). The molecule has 0 radical (unpaired) electrons. The van der Waals surface area contributed by atoms with E-state index in [-0.39, 0.29) is 23.8 Å². The number of hydrogen-bond donors (Lipinski definition) is 2. The van der Waals surface area contributed by atoms with Gasteiger partial charge in [-0.3, -0.25) is 9.59 Å². The summed E-state index contributed by atoms with van der Waals surface area (Å²) in [5.74, 6) is 0.778. The molecule has 2 heterocycles. The van der Waals surface area contributed by atoms with E-state index < -0.39 is 0 Å². The molecule has 2 aliphatic heterocycles. The molecule has 0 aromatic carbocycles. The molecule has 2 fully saturated rings. The van der Waals surface area contributed by atoms with Crippen LogP contribution in [0.3, 0.4) is 0 Å². The summed E-state index contributed by atoms with van der Waals surface area (Å²) in [6.45, 7) is 7.55. The molecule has 2 saturated heterocycles. The fraction of sp³-hybridized carbons (Fsp3) is 0.882. The minimum Gasteiger partial charge on any atom is -0.353 e. The highest BCUT2D eigenvalue weighted by molar-refractivity contribution is 5.80. The minimum atomic E-state index is 0.123. The van der Waals surface area contributed by atoms with Crippen LogP contribution in [-0.2, 0) is 9.59 Å². The third-order valence-corrected chi connectivity index (χ3v) is 5.16. The number of nitrogens with one attached hydrogen (secondary N) is 2. The van der Waals surface area contributed by atoms with E-state index in [1.165, 1.54) is 0 Å². The van der Waals surface area contributed by atoms with E-state index in [1.54, 1.807) is 0 Å². The lowest BCUT2D eigenvalue weighted by atomic mass is 9.96. The van der Waals surface area contributed by atoms with Crippen LogP contribution < -0.4 is 10.6 Å². The molecule has 22 heavy (non-hydrogen) atoms. The number of carbonyl (C=O) groups is 2. The first-order valence-electron chi connectivity index (χ1n) is 8.95. The first kappa shape index (κ1) is 17.3. The Bertz CT molecular complexity index is 368. The molecule has 126 valence electrons. The van der Waals surface area contributed by atoms with Gasteiger partial charge >= 0.3 is 0 Å². The lowest BCUT2D eigenvalue weighted by Crippen LogP contribution is -2.50. The highest BCUT2D eigenvalue weighted by atomic mass is 16.2. The van der Waals surface area contributed by atoms with Crippen LogP contribution in [-0.4, -0.2) is 48.9 Å². The summed E-state index contributed by atoms with van der Waals surface area (Å²) >= 11 is 0. The predicted octanol–water partition coefficient (Wildman–Crippen LogP) is 1.53. The van der Waals surface area contributed by atoms with Crippen molar-refractivity contribution in [1.82, 2.24) is 15.5 Å². The molecule has 2 rings (SSSR count). The zero-order valence-corrected chi connectivity index (χ0v) is 14.1. The normalized spacial score (nSPS) is 23.6. The molecule has 2 amide bonds. The third kappa shape index (κ3) is 4.45. The highest BCUT2D eigenvalue weighted by Gasteiger charge is 2.29. The van der Waals surface area contributed by atoms with E-state index in [0.29, 0.717) is 5.91 Å². The van der Waals surface area contributed by atoms with Crippen LogP contribution in [0.15, 0.2) is 0 Å². The summed E-state index contributed by atoms with van der Waals surface area (Å²) in [5.41, 5.74) is 0. The van der Waals surface area contributed by atoms with Crippen molar-refractivity contribution in [3.63, 3.8) is 0 Å². The second-order valence-electron chi connectivity index (χ2n) is 6.66. The fourth-order valence-corrected chi connectivity index (χ4v) is 3.53. The lowest BCUT2D eigenvalue weighted by Gasteiger charge is -2.35. The van der Waals surface area contributed by atoms with Crippen molar-refractivity contribution in [2.75, 3.05) is 26.2 Å². The maximum Gasteiger partial charge on any atom is 0.225 e. The molecule has 0 aromatic rings. The Labute approximate surface area is 134 Å². The average molecular weight is 309 g/mol. The Morgan fingerprint density at radius 3 is 2.41 bits per heavy atom. The largest absolute Gasteiger partial charge is 0.353 e. The molecule has 0 aliphatic carbocycles. The van der Waals surface area contributed by atoms with E-state index in [0.717, 1.165) is 64.7 Å². The molecule has 2 N–H and O–H groups in total. The van der Waals surface area contributed by atoms with Crippen molar-refractivity contribution in [2.24, 2.45) is 11.8 Å². The Morgan fingerprint density at radius 1 is 1.18 bits per heavy atom. The van der Waals surface area contributed by atoms with E-state index in [1.807, 2.05) is 4.90 Å². The van der Waals surface area contributed by atoms with E-state index >= 15 is 0 Å². The lowest BCUT2D eigenvalue weighted by molar-refractivity contribution is -0.137. The van der Waals surface area contributed by atoms with Gasteiger partial charge in [0.2, 0.25) is 11.8 Å². The Morgan fingerprint density at radius 2 is 1.86 bits per heavy atom. The van der Waals surface area contributed by atoms with Crippen molar-refractivity contribution in [1.29, 1.82) is 0 Å². The van der Waals surface area contributed by atoms with Crippen LogP contribution in [0.25, 0.3) is 0 Å². The van der Waals surface area contributed by atoms with E-state index in [4.69, 9.17) is 0 Å². The predicted molar refractivity (Wildman–Crippen MR) is 87.4 cm³/mol. The molecule has 2 aliphatic rings. The van der Waals surface area contributed by atoms with Gasteiger partial charge in [0.25, 0.3) is 0 Å². The molecule has 0 bridgehead atoms. The molecule has 1 unspecified atom stereocenters. The second kappa shape index (κ2) is 8.51. The van der Waals surface area contributed by atoms with Crippen molar-refractivity contribution in [2.45, 2.75) is 58.4 Å². The summed E-state index contributed by atoms with van der Waals surface area (Å²) in [5, 5.41) is 6.47. The van der Waals surface area contributed by atoms with Gasteiger partial charge in [0.1, 0.15) is 0 Å². The van der Waals surface area contributed by atoms with Crippen LogP contribution in [0.2, 0.25) is 0 Å². The number of rotatable bonds is 5. The van der Waals surface area contributed by atoms with Crippen molar-refractivity contribution in [3.8, 4) is 0 Å². The quantitative estimate of drug-likeness (QED) is 0.809. The topological polar surface area (TPSA) is 61.4 Å². The number of hydrogen-bond acceptors (Lipinski definition) is 3. The number of amides is 2. The van der Waals surface area contributed by atoms with Crippen molar-refractivity contribution in [3.05, 3.63) is 0 Å². The third-order valence-electron chi connectivity index (χ3n) is 5.16. The van der Waals surface area contributed by atoms with Crippen LogP contribution in [0.4, 0.5) is 0 Å². The Hall–Kier alpha value is -1.10. The van der Waals surface area contributed by atoms with E-state index in [2.05, 4.69) is 24.5 Å². The van der Waals surface area contributed by atoms with E-state index in [9.17, 15) is 9.59 Å². The van der Waals surface area contributed by atoms with Crippen molar-refractivity contribution >= 4 is 11.8 Å². The average Bonchev–Trinajstić information content (AvgIpc) is 2.57. The van der Waals surface area contributed by atoms with Crippen LogP contribution >= 0.6 is 0 Å². The summed E-state index contributed by atoms with van der Waals surface area (Å²) in [7, 11) is 0. The smallest absolute Gasteiger partial charge is 0.225 e. The molecule has 0 aromatic heterocycles. The van der Waals surface area contributed by atoms with Gasteiger partial charge in [0.05, 0.1) is 5.92 Å². The Kier molecular flexibility index (Phi) is 6.68. The highest BCUT2D eigenvalue weighted by Crippen LogP contribution is 2.18. The summed E-state index contributed by atoms with van der Waals surface area (Å²) < 4.78 is 0. The van der Waals surface area contributed by atoms with Gasteiger partial charge in [0, 0.05) is 31.6 Å². The zero-order chi connectivity index (χ0) is 15.9.